The first kappa shape index (κ1) is 14.4. The summed E-state index contributed by atoms with van der Waals surface area (Å²) in [6.45, 7) is 1.95. The van der Waals surface area contributed by atoms with Gasteiger partial charge in [0.2, 0.25) is 0 Å². The summed E-state index contributed by atoms with van der Waals surface area (Å²) in [6, 6.07) is 8.47. The number of hydrogen-bond acceptors (Lipinski definition) is 2. The van der Waals surface area contributed by atoms with E-state index in [4.69, 9.17) is 4.74 Å². The SMILES string of the molecule is CC1CN(C(=O)c2ccc(F)c(F)c2F)c2ccccc2O1. The van der Waals surface area contributed by atoms with E-state index in [1.807, 2.05) is 0 Å². The van der Waals surface area contributed by atoms with Crippen LogP contribution in [-0.4, -0.2) is 18.6 Å². The van der Waals surface area contributed by atoms with Crippen LogP contribution in [0.15, 0.2) is 36.4 Å². The van der Waals surface area contributed by atoms with Gasteiger partial charge in [0, 0.05) is 0 Å². The Bertz CT molecular complexity index is 748. The summed E-state index contributed by atoms with van der Waals surface area (Å²) < 4.78 is 45.8. The van der Waals surface area contributed by atoms with E-state index in [2.05, 4.69) is 0 Å². The number of para-hydroxylation sites is 2. The number of carbonyl (C=O) groups is 1. The van der Waals surface area contributed by atoms with Crippen LogP contribution in [0.5, 0.6) is 5.75 Å². The highest BCUT2D eigenvalue weighted by atomic mass is 19.2. The van der Waals surface area contributed by atoms with Gasteiger partial charge in [-0.15, -0.1) is 0 Å². The summed E-state index contributed by atoms with van der Waals surface area (Å²) in [6.07, 6.45) is -0.299. The molecule has 1 atom stereocenters. The molecule has 1 aliphatic heterocycles. The molecule has 2 aromatic carbocycles. The minimum atomic E-state index is -1.65. The number of anilines is 1. The Labute approximate surface area is 124 Å². The third-order valence-electron chi connectivity index (χ3n) is 3.43. The van der Waals surface area contributed by atoms with Gasteiger partial charge in [-0.3, -0.25) is 4.79 Å². The van der Waals surface area contributed by atoms with Crippen molar-refractivity contribution in [1.82, 2.24) is 0 Å². The van der Waals surface area contributed by atoms with Crippen molar-refractivity contribution in [3.63, 3.8) is 0 Å². The van der Waals surface area contributed by atoms with Crippen LogP contribution in [0, 0.1) is 17.5 Å². The fourth-order valence-electron chi connectivity index (χ4n) is 2.42. The molecule has 0 fully saturated rings. The van der Waals surface area contributed by atoms with Gasteiger partial charge in [0.05, 0.1) is 17.8 Å². The lowest BCUT2D eigenvalue weighted by atomic mass is 10.1. The zero-order valence-electron chi connectivity index (χ0n) is 11.6. The lowest BCUT2D eigenvalue weighted by Crippen LogP contribution is -2.42. The lowest BCUT2D eigenvalue weighted by Gasteiger charge is -2.33. The van der Waals surface area contributed by atoms with Crippen molar-refractivity contribution in [1.29, 1.82) is 0 Å². The van der Waals surface area contributed by atoms with Crippen LogP contribution in [0.25, 0.3) is 0 Å². The fourth-order valence-corrected chi connectivity index (χ4v) is 2.42. The molecule has 22 heavy (non-hydrogen) atoms. The van der Waals surface area contributed by atoms with E-state index in [0.717, 1.165) is 12.1 Å². The van der Waals surface area contributed by atoms with Crippen molar-refractivity contribution in [3.8, 4) is 5.75 Å². The minimum Gasteiger partial charge on any atom is -0.487 e. The molecular weight excluding hydrogens is 295 g/mol. The van der Waals surface area contributed by atoms with Crippen molar-refractivity contribution in [2.24, 2.45) is 0 Å². The van der Waals surface area contributed by atoms with Gasteiger partial charge in [0.1, 0.15) is 11.9 Å². The Morgan fingerprint density at radius 2 is 1.86 bits per heavy atom. The maximum absolute atomic E-state index is 13.8. The van der Waals surface area contributed by atoms with Crippen molar-refractivity contribution < 1.29 is 22.7 Å². The highest BCUT2D eigenvalue weighted by molar-refractivity contribution is 6.07. The van der Waals surface area contributed by atoms with Gasteiger partial charge in [-0.25, -0.2) is 13.2 Å². The van der Waals surface area contributed by atoms with Crippen molar-refractivity contribution in [2.45, 2.75) is 13.0 Å². The Kier molecular flexibility index (Phi) is 3.52. The van der Waals surface area contributed by atoms with Crippen LogP contribution < -0.4 is 9.64 Å². The van der Waals surface area contributed by atoms with Gasteiger partial charge < -0.3 is 9.64 Å². The molecule has 3 rings (SSSR count). The normalized spacial score (nSPS) is 16.9. The average molecular weight is 307 g/mol. The van der Waals surface area contributed by atoms with Crippen LogP contribution in [0.1, 0.15) is 17.3 Å². The lowest BCUT2D eigenvalue weighted by molar-refractivity contribution is 0.0956. The summed E-state index contributed by atoms with van der Waals surface area (Å²) in [4.78, 5) is 13.8. The summed E-state index contributed by atoms with van der Waals surface area (Å²) in [5, 5.41) is 0. The van der Waals surface area contributed by atoms with Gasteiger partial charge in [-0.1, -0.05) is 12.1 Å². The molecule has 114 valence electrons. The minimum absolute atomic E-state index is 0.189. The molecule has 0 spiro atoms. The van der Waals surface area contributed by atoms with Gasteiger partial charge in [0.15, 0.2) is 17.5 Å². The zero-order chi connectivity index (χ0) is 15.9. The molecule has 0 radical (unpaired) electrons. The van der Waals surface area contributed by atoms with E-state index in [-0.39, 0.29) is 12.6 Å². The summed E-state index contributed by atoms with van der Waals surface area (Å²) in [7, 11) is 0. The molecule has 0 saturated heterocycles. The summed E-state index contributed by atoms with van der Waals surface area (Å²) in [5.41, 5.74) is -0.0439. The maximum atomic E-state index is 13.8. The highest BCUT2D eigenvalue weighted by Gasteiger charge is 2.30. The number of benzene rings is 2. The second kappa shape index (κ2) is 5.36. The first-order chi connectivity index (χ1) is 10.5. The van der Waals surface area contributed by atoms with Gasteiger partial charge in [0.25, 0.3) is 5.91 Å². The van der Waals surface area contributed by atoms with E-state index >= 15 is 0 Å². The smallest absolute Gasteiger partial charge is 0.261 e. The van der Waals surface area contributed by atoms with E-state index in [1.54, 1.807) is 31.2 Å². The molecule has 6 heteroatoms. The fraction of sp³-hybridized carbons (Fsp3) is 0.188. The molecule has 0 aromatic heterocycles. The number of ether oxygens (including phenoxy) is 1. The Balaban J connectivity index is 2.05. The number of rotatable bonds is 1. The topological polar surface area (TPSA) is 29.5 Å². The van der Waals surface area contributed by atoms with Crippen LogP contribution in [0.2, 0.25) is 0 Å². The molecule has 1 heterocycles. The Morgan fingerprint density at radius 3 is 2.64 bits per heavy atom. The third kappa shape index (κ3) is 2.30. The first-order valence-electron chi connectivity index (χ1n) is 6.70. The van der Waals surface area contributed by atoms with Crippen LogP contribution >= 0.6 is 0 Å². The number of amides is 1. The molecule has 1 aliphatic rings. The molecule has 0 aliphatic carbocycles. The van der Waals surface area contributed by atoms with E-state index < -0.39 is 28.9 Å². The molecule has 0 bridgehead atoms. The highest BCUT2D eigenvalue weighted by Crippen LogP contribution is 2.34. The quantitative estimate of drug-likeness (QED) is 0.754. The van der Waals surface area contributed by atoms with E-state index in [0.29, 0.717) is 11.4 Å². The molecule has 1 amide bonds. The predicted octanol–water partition coefficient (Wildman–Crippen LogP) is 3.53. The molecule has 1 unspecified atom stereocenters. The average Bonchev–Trinajstić information content (AvgIpc) is 2.51. The summed E-state index contributed by atoms with van der Waals surface area (Å²) in [5.74, 6) is -4.72. The van der Waals surface area contributed by atoms with E-state index in [1.165, 1.54) is 4.90 Å². The molecule has 0 N–H and O–H groups in total. The monoisotopic (exact) mass is 307 g/mol. The largest absolute Gasteiger partial charge is 0.487 e. The van der Waals surface area contributed by atoms with Crippen LogP contribution in [0.4, 0.5) is 18.9 Å². The predicted molar refractivity (Wildman–Crippen MR) is 74.5 cm³/mol. The third-order valence-corrected chi connectivity index (χ3v) is 3.43. The first-order valence-corrected chi connectivity index (χ1v) is 6.70. The van der Waals surface area contributed by atoms with Gasteiger partial charge in [-0.2, -0.15) is 0 Å². The molecule has 0 saturated carbocycles. The van der Waals surface area contributed by atoms with Crippen molar-refractivity contribution in [3.05, 3.63) is 59.4 Å². The number of fused-ring (bicyclic) bond motifs is 1. The number of hydrogen-bond donors (Lipinski definition) is 0. The Morgan fingerprint density at radius 1 is 1.14 bits per heavy atom. The maximum Gasteiger partial charge on any atom is 0.261 e. The summed E-state index contributed by atoms with van der Waals surface area (Å²) >= 11 is 0. The van der Waals surface area contributed by atoms with Crippen molar-refractivity contribution >= 4 is 11.6 Å². The van der Waals surface area contributed by atoms with Crippen molar-refractivity contribution in [2.75, 3.05) is 11.4 Å². The van der Waals surface area contributed by atoms with Crippen LogP contribution in [-0.2, 0) is 0 Å². The Hall–Kier alpha value is -2.50. The number of halogens is 3. The van der Waals surface area contributed by atoms with Gasteiger partial charge in [-0.05, 0) is 31.2 Å². The zero-order valence-corrected chi connectivity index (χ0v) is 11.6. The molecule has 2 aromatic rings. The number of carbonyl (C=O) groups excluding carboxylic acids is 1. The van der Waals surface area contributed by atoms with Gasteiger partial charge >= 0.3 is 0 Å². The van der Waals surface area contributed by atoms with E-state index in [9.17, 15) is 18.0 Å². The second-order valence-electron chi connectivity index (χ2n) is 5.03. The second-order valence-corrected chi connectivity index (χ2v) is 5.03. The standard InChI is InChI=1S/C16H12F3NO2/c1-9-8-20(12-4-2-3-5-13(12)22-9)16(21)10-6-7-11(17)15(19)14(10)18/h2-7,9H,8H2,1H3. The number of nitrogens with zero attached hydrogens (tertiary/aromatic N) is 1. The molecular formula is C16H12F3NO2. The molecule has 3 nitrogen and oxygen atoms in total. The van der Waals surface area contributed by atoms with Crippen LogP contribution in [0.3, 0.4) is 0 Å².